The highest BCUT2D eigenvalue weighted by Crippen LogP contribution is 2.15. The van der Waals surface area contributed by atoms with Crippen molar-refractivity contribution in [3.63, 3.8) is 0 Å². The monoisotopic (exact) mass is 333 g/mol. The van der Waals surface area contributed by atoms with Crippen molar-refractivity contribution < 1.29 is 14.3 Å². The molecular weight excluding hydrogens is 314 g/mol. The van der Waals surface area contributed by atoms with E-state index in [0.29, 0.717) is 13.0 Å². The van der Waals surface area contributed by atoms with Crippen molar-refractivity contribution in [1.29, 1.82) is 0 Å². The van der Waals surface area contributed by atoms with Crippen molar-refractivity contribution in [2.45, 2.75) is 13.3 Å². The maximum Gasteiger partial charge on any atom is 0.341 e. The summed E-state index contributed by atoms with van der Waals surface area (Å²) in [6, 6.07) is 7.30. The van der Waals surface area contributed by atoms with Crippen molar-refractivity contribution in [1.82, 2.24) is 20.5 Å². The third-order valence-corrected chi connectivity index (χ3v) is 3.34. The summed E-state index contributed by atoms with van der Waals surface area (Å²) >= 11 is 0. The zero-order chi connectivity index (χ0) is 17.5. The summed E-state index contributed by atoms with van der Waals surface area (Å²) in [4.78, 5) is 36.6. The number of rotatable bonds is 8. The molecule has 0 saturated carbocycles. The van der Waals surface area contributed by atoms with Crippen LogP contribution in [-0.2, 0) is 11.2 Å². The summed E-state index contributed by atoms with van der Waals surface area (Å²) in [5.74, 6) is -1.11. The number of hydrogen-bond acceptors (Lipinski definition) is 5. The second-order valence-electron chi connectivity index (χ2n) is 5.12. The van der Waals surface area contributed by atoms with Crippen LogP contribution in [0.15, 0.2) is 29.1 Å². The maximum absolute atomic E-state index is 11.8. The number of H-pyrrole nitrogens is 2. The Morgan fingerprint density at radius 2 is 2.04 bits per heavy atom. The zero-order valence-corrected chi connectivity index (χ0v) is 13.2. The average Bonchev–Trinajstić information content (AvgIpc) is 2.99. The van der Waals surface area contributed by atoms with Crippen LogP contribution in [-0.4, -0.2) is 40.1 Å². The van der Waals surface area contributed by atoms with Crippen LogP contribution < -0.4 is 21.5 Å². The molecule has 1 aromatic carbocycles. The van der Waals surface area contributed by atoms with Gasteiger partial charge in [-0.3, -0.25) is 14.6 Å². The molecule has 0 spiro atoms. The van der Waals surface area contributed by atoms with E-state index in [1.807, 2.05) is 31.2 Å². The van der Waals surface area contributed by atoms with Gasteiger partial charge in [-0.05, 0) is 31.0 Å². The van der Waals surface area contributed by atoms with Crippen LogP contribution in [0.2, 0.25) is 0 Å². The molecule has 1 aromatic heterocycles. The fraction of sp³-hybridized carbons (Fsp3) is 0.333. The summed E-state index contributed by atoms with van der Waals surface area (Å²) in [5.41, 5.74) is 5.71. The molecule has 1 unspecified atom stereocenters. The predicted octanol–water partition coefficient (Wildman–Crippen LogP) is -0.429. The zero-order valence-electron chi connectivity index (χ0n) is 13.2. The third-order valence-electron chi connectivity index (χ3n) is 3.34. The number of aromatic nitrogens is 3. The number of amides is 2. The van der Waals surface area contributed by atoms with Crippen molar-refractivity contribution in [3.8, 4) is 5.75 Å². The van der Waals surface area contributed by atoms with Crippen molar-refractivity contribution >= 4 is 11.8 Å². The molecule has 5 N–H and O–H groups in total. The Morgan fingerprint density at radius 1 is 1.33 bits per heavy atom. The Bertz CT molecular complexity index is 750. The molecule has 1 heterocycles. The molecule has 0 aliphatic carbocycles. The van der Waals surface area contributed by atoms with E-state index < -0.39 is 23.4 Å². The third kappa shape index (κ3) is 4.70. The van der Waals surface area contributed by atoms with E-state index in [1.165, 1.54) is 0 Å². The first kappa shape index (κ1) is 17.3. The summed E-state index contributed by atoms with van der Waals surface area (Å²) in [6.45, 7) is 2.51. The number of primary amides is 1. The maximum atomic E-state index is 11.8. The number of carbonyl (C=O) groups excluding carboxylic acids is 2. The minimum absolute atomic E-state index is 0.0380. The largest absolute Gasteiger partial charge is 0.494 e. The lowest BCUT2D eigenvalue weighted by atomic mass is 9.98. The molecule has 9 nitrogen and oxygen atoms in total. The van der Waals surface area contributed by atoms with E-state index in [2.05, 4.69) is 20.5 Å². The number of nitrogens with zero attached hydrogens (tertiary/aromatic N) is 1. The number of nitrogens with one attached hydrogen (secondary N) is 3. The molecule has 0 radical (unpaired) electrons. The lowest BCUT2D eigenvalue weighted by molar-refractivity contribution is -0.121. The van der Waals surface area contributed by atoms with Crippen LogP contribution in [0.3, 0.4) is 0 Å². The normalized spacial score (nSPS) is 11.7. The number of aromatic amines is 2. The standard InChI is InChI=1S/C15H19N5O4/c1-2-24-11-5-3-9(4-6-11)7-10(12(16)21)8-17-14(22)13-18-15(23)20-19-13/h3-6,10H,2,7-8H2,1H3,(H2,16,21)(H,17,22)(H2,18,19,20,23). The minimum atomic E-state index is -0.591. The highest BCUT2D eigenvalue weighted by molar-refractivity contribution is 5.90. The number of carbonyl (C=O) groups is 2. The average molecular weight is 333 g/mol. The lowest BCUT2D eigenvalue weighted by Crippen LogP contribution is -2.37. The van der Waals surface area contributed by atoms with Crippen LogP contribution in [0, 0.1) is 5.92 Å². The van der Waals surface area contributed by atoms with E-state index >= 15 is 0 Å². The van der Waals surface area contributed by atoms with Crippen molar-refractivity contribution in [2.24, 2.45) is 11.7 Å². The van der Waals surface area contributed by atoms with Gasteiger partial charge in [0.2, 0.25) is 11.7 Å². The van der Waals surface area contributed by atoms with E-state index in [-0.39, 0.29) is 12.4 Å². The first-order chi connectivity index (χ1) is 11.5. The summed E-state index contributed by atoms with van der Waals surface area (Å²) in [6.07, 6.45) is 0.374. The van der Waals surface area contributed by atoms with E-state index in [0.717, 1.165) is 11.3 Å². The van der Waals surface area contributed by atoms with Gasteiger partial charge in [0.1, 0.15) is 5.75 Å². The quantitative estimate of drug-likeness (QED) is 0.518. The number of ether oxygens (including phenoxy) is 1. The smallest absolute Gasteiger partial charge is 0.341 e. The van der Waals surface area contributed by atoms with E-state index in [1.54, 1.807) is 0 Å². The first-order valence-electron chi connectivity index (χ1n) is 7.43. The first-order valence-corrected chi connectivity index (χ1v) is 7.43. The van der Waals surface area contributed by atoms with Gasteiger partial charge in [0.15, 0.2) is 0 Å². The lowest BCUT2D eigenvalue weighted by Gasteiger charge is -2.14. The molecule has 128 valence electrons. The minimum Gasteiger partial charge on any atom is -0.494 e. The van der Waals surface area contributed by atoms with Gasteiger partial charge >= 0.3 is 5.69 Å². The Morgan fingerprint density at radius 3 is 2.58 bits per heavy atom. The van der Waals surface area contributed by atoms with Gasteiger partial charge in [-0.2, -0.15) is 0 Å². The molecule has 2 rings (SSSR count). The van der Waals surface area contributed by atoms with Crippen LogP contribution in [0.4, 0.5) is 0 Å². The molecule has 0 fully saturated rings. The van der Waals surface area contributed by atoms with Gasteiger partial charge in [-0.15, -0.1) is 5.10 Å². The number of benzene rings is 1. The van der Waals surface area contributed by atoms with Gasteiger partial charge in [-0.25, -0.2) is 9.89 Å². The van der Waals surface area contributed by atoms with Crippen LogP contribution in [0.25, 0.3) is 0 Å². The molecule has 0 bridgehead atoms. The Labute approximate surface area is 137 Å². The van der Waals surface area contributed by atoms with E-state index in [4.69, 9.17) is 10.5 Å². The van der Waals surface area contributed by atoms with Gasteiger partial charge in [0.05, 0.1) is 12.5 Å². The predicted molar refractivity (Wildman–Crippen MR) is 85.5 cm³/mol. The molecule has 0 aliphatic heterocycles. The topological polar surface area (TPSA) is 143 Å². The Kier molecular flexibility index (Phi) is 5.72. The molecule has 9 heteroatoms. The van der Waals surface area contributed by atoms with Crippen LogP contribution >= 0.6 is 0 Å². The summed E-state index contributed by atoms with van der Waals surface area (Å²) in [7, 11) is 0. The van der Waals surface area contributed by atoms with Crippen LogP contribution in [0.1, 0.15) is 23.1 Å². The summed E-state index contributed by atoms with van der Waals surface area (Å²) < 4.78 is 5.36. The highest BCUT2D eigenvalue weighted by Gasteiger charge is 2.19. The SMILES string of the molecule is CCOc1ccc(CC(CNC(=O)c2n[nH]c(=O)[nH]2)C(N)=O)cc1. The molecule has 1 atom stereocenters. The van der Waals surface area contributed by atoms with E-state index in [9.17, 15) is 14.4 Å². The van der Waals surface area contributed by atoms with Gasteiger partial charge in [-0.1, -0.05) is 12.1 Å². The van der Waals surface area contributed by atoms with Gasteiger partial charge in [0.25, 0.3) is 5.91 Å². The molecule has 0 aliphatic rings. The van der Waals surface area contributed by atoms with Crippen molar-refractivity contribution in [3.05, 3.63) is 46.1 Å². The number of nitrogens with two attached hydrogens (primary N) is 1. The molecule has 24 heavy (non-hydrogen) atoms. The molecule has 0 saturated heterocycles. The Balaban J connectivity index is 1.95. The second-order valence-corrected chi connectivity index (χ2v) is 5.12. The van der Waals surface area contributed by atoms with Gasteiger partial charge < -0.3 is 15.8 Å². The van der Waals surface area contributed by atoms with Crippen molar-refractivity contribution in [2.75, 3.05) is 13.2 Å². The summed E-state index contributed by atoms with van der Waals surface area (Å²) in [5, 5.41) is 8.13. The molecular formula is C15H19N5O4. The second kappa shape index (κ2) is 7.95. The fourth-order valence-corrected chi connectivity index (χ4v) is 2.12. The fourth-order valence-electron chi connectivity index (χ4n) is 2.12. The Hall–Kier alpha value is -3.10. The number of hydrogen-bond donors (Lipinski definition) is 4. The molecule has 2 amide bonds. The highest BCUT2D eigenvalue weighted by atomic mass is 16.5. The van der Waals surface area contributed by atoms with Gasteiger partial charge in [0, 0.05) is 6.54 Å². The molecule has 2 aromatic rings. The van der Waals surface area contributed by atoms with Crippen LogP contribution in [0.5, 0.6) is 5.75 Å².